The van der Waals surface area contributed by atoms with Crippen LogP contribution in [-0.4, -0.2) is 44.9 Å². The number of likely N-dealkylation sites (N-methyl/N-ethyl adjacent to an activating group) is 1. The molecule has 1 aliphatic rings. The van der Waals surface area contributed by atoms with Crippen LogP contribution >= 0.6 is 11.6 Å². The van der Waals surface area contributed by atoms with E-state index in [0.29, 0.717) is 5.75 Å². The van der Waals surface area contributed by atoms with Crippen LogP contribution in [0.25, 0.3) is 0 Å². The van der Waals surface area contributed by atoms with Crippen LogP contribution in [0.15, 0.2) is 23.1 Å². The summed E-state index contributed by atoms with van der Waals surface area (Å²) in [5.41, 5.74) is 0. The molecule has 0 aromatic heterocycles. The molecule has 0 bridgehead atoms. The van der Waals surface area contributed by atoms with Crippen LogP contribution in [0.4, 0.5) is 0 Å². The van der Waals surface area contributed by atoms with Gasteiger partial charge in [-0.15, -0.1) is 0 Å². The summed E-state index contributed by atoms with van der Waals surface area (Å²) >= 11 is 6.03. The summed E-state index contributed by atoms with van der Waals surface area (Å²) in [5, 5.41) is 3.16. The molecule has 1 aromatic rings. The number of hydrogen-bond donors (Lipinski definition) is 1. The van der Waals surface area contributed by atoms with E-state index >= 15 is 0 Å². The first-order valence-corrected chi connectivity index (χ1v) is 10.3. The van der Waals surface area contributed by atoms with Gasteiger partial charge in [-0.3, -0.25) is 4.79 Å². The summed E-state index contributed by atoms with van der Waals surface area (Å²) in [5.74, 6) is 0.135. The lowest BCUT2D eigenvalue weighted by molar-refractivity contribution is -0.122. The fourth-order valence-corrected chi connectivity index (χ4v) is 4.76. The summed E-state index contributed by atoms with van der Waals surface area (Å²) in [6.45, 7) is 1.71. The largest absolute Gasteiger partial charge is 0.495 e. The van der Waals surface area contributed by atoms with Crippen LogP contribution in [0.3, 0.4) is 0 Å². The van der Waals surface area contributed by atoms with Gasteiger partial charge in [0.25, 0.3) is 0 Å². The third kappa shape index (κ3) is 5.09. The molecule has 1 aromatic carbocycles. The number of nitrogens with one attached hydrogen (secondary N) is 1. The highest BCUT2D eigenvalue weighted by Crippen LogP contribution is 2.28. The highest BCUT2D eigenvalue weighted by atomic mass is 35.5. The van der Waals surface area contributed by atoms with Crippen molar-refractivity contribution >= 4 is 27.5 Å². The molecule has 1 amide bonds. The molecule has 25 heavy (non-hydrogen) atoms. The molecule has 8 heteroatoms. The molecule has 0 unspecified atom stereocenters. The lowest BCUT2D eigenvalue weighted by Crippen LogP contribution is -2.44. The monoisotopic (exact) mass is 388 g/mol. The smallest absolute Gasteiger partial charge is 0.243 e. The molecule has 0 saturated heterocycles. The number of benzene rings is 1. The van der Waals surface area contributed by atoms with Crippen LogP contribution in [0.1, 0.15) is 39.0 Å². The maximum atomic E-state index is 12.8. The van der Waals surface area contributed by atoms with Gasteiger partial charge < -0.3 is 10.1 Å². The van der Waals surface area contributed by atoms with Gasteiger partial charge in [0.1, 0.15) is 5.75 Å². The van der Waals surface area contributed by atoms with E-state index < -0.39 is 10.0 Å². The Morgan fingerprint density at radius 2 is 2.00 bits per heavy atom. The SMILES string of the molecule is CCN(CC(=O)NC1CCCCC1)S(=O)(=O)c1ccc(OC)c(Cl)c1. The number of hydrogen-bond acceptors (Lipinski definition) is 4. The molecule has 6 nitrogen and oxygen atoms in total. The van der Waals surface area contributed by atoms with Crippen molar-refractivity contribution in [3.63, 3.8) is 0 Å². The van der Waals surface area contributed by atoms with Crippen LogP contribution in [0.5, 0.6) is 5.75 Å². The first-order chi connectivity index (χ1) is 11.9. The van der Waals surface area contributed by atoms with Gasteiger partial charge in [-0.1, -0.05) is 37.8 Å². The number of amides is 1. The Kier molecular flexibility index (Phi) is 7.10. The minimum Gasteiger partial charge on any atom is -0.495 e. The van der Waals surface area contributed by atoms with Crippen LogP contribution in [0, 0.1) is 0 Å². The fraction of sp³-hybridized carbons (Fsp3) is 0.588. The minimum absolute atomic E-state index is 0.0469. The number of nitrogens with zero attached hydrogens (tertiary/aromatic N) is 1. The minimum atomic E-state index is -3.80. The Morgan fingerprint density at radius 1 is 1.32 bits per heavy atom. The maximum Gasteiger partial charge on any atom is 0.243 e. The Morgan fingerprint density at radius 3 is 2.56 bits per heavy atom. The molecule has 0 heterocycles. The molecule has 0 spiro atoms. The molecule has 2 rings (SSSR count). The van der Waals surface area contributed by atoms with Gasteiger partial charge in [-0.2, -0.15) is 4.31 Å². The molecule has 0 aliphatic heterocycles. The third-order valence-corrected chi connectivity index (χ3v) is 6.62. The van der Waals surface area contributed by atoms with E-state index in [2.05, 4.69) is 5.32 Å². The lowest BCUT2D eigenvalue weighted by atomic mass is 9.95. The predicted molar refractivity (Wildman–Crippen MR) is 97.5 cm³/mol. The summed E-state index contributed by atoms with van der Waals surface area (Å²) in [6, 6.07) is 4.43. The van der Waals surface area contributed by atoms with Crippen molar-refractivity contribution < 1.29 is 17.9 Å². The van der Waals surface area contributed by atoms with Gasteiger partial charge in [-0.25, -0.2) is 8.42 Å². The van der Waals surface area contributed by atoms with Crippen molar-refractivity contribution in [1.29, 1.82) is 0 Å². The highest BCUT2D eigenvalue weighted by Gasteiger charge is 2.27. The second-order valence-corrected chi connectivity index (χ2v) is 8.48. The zero-order chi connectivity index (χ0) is 18.4. The molecule has 1 saturated carbocycles. The highest BCUT2D eigenvalue weighted by molar-refractivity contribution is 7.89. The summed E-state index contributed by atoms with van der Waals surface area (Å²) in [6.07, 6.45) is 5.31. The van der Waals surface area contributed by atoms with Gasteiger partial charge in [0, 0.05) is 12.6 Å². The average molecular weight is 389 g/mol. The third-order valence-electron chi connectivity index (χ3n) is 4.40. The summed E-state index contributed by atoms with van der Waals surface area (Å²) < 4.78 is 31.8. The quantitative estimate of drug-likeness (QED) is 0.779. The van der Waals surface area contributed by atoms with E-state index in [4.69, 9.17) is 16.3 Å². The van der Waals surface area contributed by atoms with E-state index in [9.17, 15) is 13.2 Å². The van der Waals surface area contributed by atoms with Gasteiger partial charge in [0.05, 0.1) is 23.6 Å². The number of carbonyl (C=O) groups excluding carboxylic acids is 1. The predicted octanol–water partition coefficient (Wildman–Crippen LogP) is 2.81. The molecule has 1 aliphatic carbocycles. The Balaban J connectivity index is 2.09. The molecule has 1 N–H and O–H groups in total. The number of methoxy groups -OCH3 is 1. The number of carbonyl (C=O) groups is 1. The first-order valence-electron chi connectivity index (χ1n) is 8.51. The van der Waals surface area contributed by atoms with Crippen LogP contribution in [-0.2, 0) is 14.8 Å². The topological polar surface area (TPSA) is 75.7 Å². The van der Waals surface area contributed by atoms with E-state index in [1.54, 1.807) is 6.92 Å². The number of halogens is 1. The normalized spacial score (nSPS) is 16.0. The summed E-state index contributed by atoms with van der Waals surface area (Å²) in [4.78, 5) is 12.3. The van der Waals surface area contributed by atoms with Gasteiger partial charge >= 0.3 is 0 Å². The fourth-order valence-electron chi connectivity index (χ4n) is 3.00. The van der Waals surface area contributed by atoms with E-state index in [1.165, 1.54) is 31.7 Å². The lowest BCUT2D eigenvalue weighted by Gasteiger charge is -2.25. The molecule has 140 valence electrons. The maximum absolute atomic E-state index is 12.8. The second-order valence-electron chi connectivity index (χ2n) is 6.13. The molecule has 0 radical (unpaired) electrons. The van der Waals surface area contributed by atoms with Crippen molar-refractivity contribution in [2.45, 2.75) is 50.0 Å². The first kappa shape index (κ1) is 20.0. The van der Waals surface area contributed by atoms with Gasteiger partial charge in [0.15, 0.2) is 0 Å². The zero-order valence-electron chi connectivity index (χ0n) is 14.6. The molecular formula is C17H25ClN2O4S. The van der Waals surface area contributed by atoms with Crippen LogP contribution in [0.2, 0.25) is 5.02 Å². The van der Waals surface area contributed by atoms with E-state index in [-0.39, 0.29) is 35.0 Å². The standard InChI is InChI=1S/C17H25ClN2O4S/c1-3-20(12-17(21)19-13-7-5-4-6-8-13)25(22,23)14-9-10-16(24-2)15(18)11-14/h9-11,13H,3-8,12H2,1-2H3,(H,19,21). The Labute approximate surface area is 154 Å². The number of rotatable bonds is 7. The van der Waals surface area contributed by atoms with Gasteiger partial charge in [0.2, 0.25) is 15.9 Å². The van der Waals surface area contributed by atoms with Crippen LogP contribution < -0.4 is 10.1 Å². The number of ether oxygens (including phenoxy) is 1. The van der Waals surface area contributed by atoms with Crippen molar-refractivity contribution in [3.05, 3.63) is 23.2 Å². The van der Waals surface area contributed by atoms with Crippen molar-refractivity contribution in [1.82, 2.24) is 9.62 Å². The average Bonchev–Trinajstić information content (AvgIpc) is 2.60. The zero-order valence-corrected chi connectivity index (χ0v) is 16.2. The van der Waals surface area contributed by atoms with Crippen molar-refractivity contribution in [2.24, 2.45) is 0 Å². The molecule has 0 atom stereocenters. The van der Waals surface area contributed by atoms with E-state index in [0.717, 1.165) is 30.0 Å². The Bertz CT molecular complexity index is 703. The van der Waals surface area contributed by atoms with E-state index in [1.807, 2.05) is 0 Å². The Hall–Kier alpha value is -1.31. The number of sulfonamides is 1. The second kappa shape index (κ2) is 8.87. The van der Waals surface area contributed by atoms with Gasteiger partial charge in [-0.05, 0) is 31.0 Å². The van der Waals surface area contributed by atoms with Crippen molar-refractivity contribution in [2.75, 3.05) is 20.2 Å². The molecular weight excluding hydrogens is 364 g/mol. The molecule has 1 fully saturated rings. The van der Waals surface area contributed by atoms with Crippen molar-refractivity contribution in [3.8, 4) is 5.75 Å². The summed E-state index contributed by atoms with van der Waals surface area (Å²) in [7, 11) is -2.34.